The molecule has 0 saturated heterocycles. The highest BCUT2D eigenvalue weighted by atomic mass is 19.1. The Hall–Kier alpha value is -2.58. The zero-order valence-electron chi connectivity index (χ0n) is 10.7. The van der Waals surface area contributed by atoms with Crippen molar-refractivity contribution < 1.29 is 13.6 Å². The quantitative estimate of drug-likeness (QED) is 0.835. The summed E-state index contributed by atoms with van der Waals surface area (Å²) in [7, 11) is 0. The van der Waals surface area contributed by atoms with E-state index in [9.17, 15) is 9.18 Å². The Bertz CT molecular complexity index is 654. The van der Waals surface area contributed by atoms with Gasteiger partial charge in [0.05, 0.1) is 24.9 Å². The maximum atomic E-state index is 13.2. The zero-order chi connectivity index (χ0) is 14.4. The van der Waals surface area contributed by atoms with Gasteiger partial charge in [0, 0.05) is 5.56 Å². The molecule has 3 N–H and O–H groups in total. The van der Waals surface area contributed by atoms with Gasteiger partial charge in [-0.1, -0.05) is 11.8 Å². The van der Waals surface area contributed by atoms with Gasteiger partial charge in [0.1, 0.15) is 11.6 Å². The van der Waals surface area contributed by atoms with Crippen LogP contribution in [-0.2, 0) is 6.54 Å². The van der Waals surface area contributed by atoms with E-state index < -0.39 is 5.82 Å². The number of hydrogen-bond donors (Lipinski definition) is 2. The Morgan fingerprint density at radius 1 is 1.40 bits per heavy atom. The van der Waals surface area contributed by atoms with Crippen molar-refractivity contribution in [1.82, 2.24) is 5.32 Å². The molecule has 4 nitrogen and oxygen atoms in total. The van der Waals surface area contributed by atoms with Crippen LogP contribution < -0.4 is 11.1 Å². The lowest BCUT2D eigenvalue weighted by Gasteiger charge is -2.06. The van der Waals surface area contributed by atoms with Gasteiger partial charge in [-0.15, -0.1) is 0 Å². The fraction of sp³-hybridized carbons (Fsp3) is 0.133. The molecule has 0 spiro atoms. The van der Waals surface area contributed by atoms with E-state index in [2.05, 4.69) is 17.2 Å². The first-order valence-electron chi connectivity index (χ1n) is 6.00. The minimum Gasteiger partial charge on any atom is -0.467 e. The first kappa shape index (κ1) is 13.8. The fourth-order valence-corrected chi connectivity index (χ4v) is 1.64. The van der Waals surface area contributed by atoms with Crippen molar-refractivity contribution in [2.75, 3.05) is 6.54 Å². The van der Waals surface area contributed by atoms with E-state index in [1.54, 1.807) is 12.1 Å². The first-order chi connectivity index (χ1) is 9.70. The van der Waals surface area contributed by atoms with E-state index >= 15 is 0 Å². The molecule has 0 saturated carbocycles. The third-order valence-corrected chi connectivity index (χ3v) is 2.55. The molecule has 0 fully saturated rings. The summed E-state index contributed by atoms with van der Waals surface area (Å²) >= 11 is 0. The average molecular weight is 272 g/mol. The maximum Gasteiger partial charge on any atom is 0.252 e. The fourth-order valence-electron chi connectivity index (χ4n) is 1.64. The van der Waals surface area contributed by atoms with E-state index in [1.165, 1.54) is 24.5 Å². The Kier molecular flexibility index (Phi) is 4.53. The van der Waals surface area contributed by atoms with Crippen LogP contribution >= 0.6 is 0 Å². The second-order valence-corrected chi connectivity index (χ2v) is 3.96. The van der Waals surface area contributed by atoms with Gasteiger partial charge in [0.15, 0.2) is 0 Å². The van der Waals surface area contributed by atoms with Gasteiger partial charge in [-0.3, -0.25) is 4.79 Å². The zero-order valence-corrected chi connectivity index (χ0v) is 10.7. The van der Waals surface area contributed by atoms with Crippen LogP contribution in [0.1, 0.15) is 21.7 Å². The van der Waals surface area contributed by atoms with Gasteiger partial charge >= 0.3 is 0 Å². The van der Waals surface area contributed by atoms with Crippen LogP contribution in [0.15, 0.2) is 41.0 Å². The number of nitrogens with two attached hydrogens (primary N) is 1. The molecule has 0 aliphatic heterocycles. The number of rotatable bonds is 3. The van der Waals surface area contributed by atoms with Crippen LogP contribution in [0, 0.1) is 17.7 Å². The molecular weight excluding hydrogens is 259 g/mol. The molecule has 102 valence electrons. The molecule has 20 heavy (non-hydrogen) atoms. The van der Waals surface area contributed by atoms with Crippen LogP contribution in [0.2, 0.25) is 0 Å². The van der Waals surface area contributed by atoms with Gasteiger partial charge in [-0.2, -0.15) is 0 Å². The third-order valence-electron chi connectivity index (χ3n) is 2.55. The van der Waals surface area contributed by atoms with Crippen molar-refractivity contribution in [3.8, 4) is 11.8 Å². The summed E-state index contributed by atoms with van der Waals surface area (Å²) in [6.45, 7) is 0.400. The molecule has 1 aromatic heterocycles. The predicted molar refractivity (Wildman–Crippen MR) is 72.2 cm³/mol. The van der Waals surface area contributed by atoms with Crippen molar-refractivity contribution in [3.63, 3.8) is 0 Å². The predicted octanol–water partition coefficient (Wildman–Crippen LogP) is 1.66. The number of amides is 1. The third kappa shape index (κ3) is 3.46. The Morgan fingerprint density at radius 2 is 2.25 bits per heavy atom. The second-order valence-electron chi connectivity index (χ2n) is 3.96. The molecule has 1 amide bonds. The van der Waals surface area contributed by atoms with Crippen molar-refractivity contribution in [2.45, 2.75) is 6.54 Å². The van der Waals surface area contributed by atoms with E-state index in [1.807, 2.05) is 0 Å². The lowest BCUT2D eigenvalue weighted by Crippen LogP contribution is -2.23. The summed E-state index contributed by atoms with van der Waals surface area (Å²) < 4.78 is 18.3. The molecule has 0 unspecified atom stereocenters. The SMILES string of the molecule is NCC#Cc1cc(F)ccc1C(=O)NCc1ccco1. The highest BCUT2D eigenvalue weighted by Gasteiger charge is 2.11. The highest BCUT2D eigenvalue weighted by Crippen LogP contribution is 2.11. The Labute approximate surface area is 115 Å². The van der Waals surface area contributed by atoms with Crippen molar-refractivity contribution >= 4 is 5.91 Å². The summed E-state index contributed by atoms with van der Waals surface area (Å²) in [5, 5.41) is 2.68. The average Bonchev–Trinajstić information content (AvgIpc) is 2.96. The van der Waals surface area contributed by atoms with E-state index in [-0.39, 0.29) is 19.0 Å². The van der Waals surface area contributed by atoms with Crippen LogP contribution in [0.25, 0.3) is 0 Å². The normalized spacial score (nSPS) is 9.70. The van der Waals surface area contributed by atoms with Crippen molar-refractivity contribution in [2.24, 2.45) is 5.73 Å². The van der Waals surface area contributed by atoms with E-state index in [0.717, 1.165) is 0 Å². The highest BCUT2D eigenvalue weighted by molar-refractivity contribution is 5.96. The Balaban J connectivity index is 2.16. The molecule has 2 rings (SSSR count). The summed E-state index contributed by atoms with van der Waals surface area (Å²) in [6.07, 6.45) is 1.53. The first-order valence-corrected chi connectivity index (χ1v) is 6.00. The lowest BCUT2D eigenvalue weighted by molar-refractivity contribution is 0.0948. The van der Waals surface area contributed by atoms with E-state index in [0.29, 0.717) is 16.9 Å². The smallest absolute Gasteiger partial charge is 0.252 e. The van der Waals surface area contributed by atoms with Crippen LogP contribution in [-0.4, -0.2) is 12.5 Å². The number of benzene rings is 1. The number of carbonyl (C=O) groups is 1. The van der Waals surface area contributed by atoms with Crippen LogP contribution in [0.3, 0.4) is 0 Å². The summed E-state index contributed by atoms with van der Waals surface area (Å²) in [5.41, 5.74) is 5.90. The van der Waals surface area contributed by atoms with Crippen LogP contribution in [0.5, 0.6) is 0 Å². The number of halogens is 1. The molecule has 0 atom stereocenters. The number of hydrogen-bond acceptors (Lipinski definition) is 3. The van der Waals surface area contributed by atoms with Crippen molar-refractivity contribution in [1.29, 1.82) is 0 Å². The summed E-state index contributed by atoms with van der Waals surface area (Å²) in [6, 6.07) is 7.31. The minimum atomic E-state index is -0.450. The van der Waals surface area contributed by atoms with Gasteiger partial charge in [-0.25, -0.2) is 4.39 Å². The largest absolute Gasteiger partial charge is 0.467 e. The topological polar surface area (TPSA) is 68.3 Å². The standard InChI is InChI=1S/C15H13FN2O2/c16-12-5-6-14(11(9-12)3-1-7-17)15(19)18-10-13-4-2-8-20-13/h2,4-6,8-9H,7,10,17H2,(H,18,19). The molecule has 0 bridgehead atoms. The van der Waals surface area contributed by atoms with Crippen LogP contribution in [0.4, 0.5) is 4.39 Å². The molecule has 0 radical (unpaired) electrons. The monoisotopic (exact) mass is 272 g/mol. The molecule has 1 heterocycles. The molecule has 0 aliphatic rings. The summed E-state index contributed by atoms with van der Waals surface area (Å²) in [5.74, 6) is 5.14. The maximum absolute atomic E-state index is 13.2. The van der Waals surface area contributed by atoms with Gasteiger partial charge < -0.3 is 15.5 Å². The number of nitrogens with one attached hydrogen (secondary N) is 1. The molecule has 5 heteroatoms. The van der Waals surface area contributed by atoms with E-state index in [4.69, 9.17) is 10.2 Å². The van der Waals surface area contributed by atoms with Gasteiger partial charge in [0.2, 0.25) is 0 Å². The number of carbonyl (C=O) groups excluding carboxylic acids is 1. The molecule has 2 aromatic rings. The molecule has 0 aliphatic carbocycles. The molecular formula is C15H13FN2O2. The summed E-state index contributed by atoms with van der Waals surface area (Å²) in [4.78, 5) is 12.1. The number of furan rings is 1. The van der Waals surface area contributed by atoms with Gasteiger partial charge in [-0.05, 0) is 30.3 Å². The minimum absolute atomic E-state index is 0.143. The molecule has 1 aromatic carbocycles. The Morgan fingerprint density at radius 3 is 2.95 bits per heavy atom. The second kappa shape index (κ2) is 6.55. The van der Waals surface area contributed by atoms with Crippen molar-refractivity contribution in [3.05, 3.63) is 59.3 Å². The lowest BCUT2D eigenvalue weighted by atomic mass is 10.1. The van der Waals surface area contributed by atoms with Gasteiger partial charge in [0.25, 0.3) is 5.91 Å².